The Labute approximate surface area is 155 Å². The third-order valence-electron chi connectivity index (χ3n) is 3.93. The minimum Gasteiger partial charge on any atom is -0.464 e. The molecule has 2 aromatic rings. The quantitative estimate of drug-likeness (QED) is 0.750. The molecule has 0 bridgehead atoms. The number of hydrogen-bond acceptors (Lipinski definition) is 6. The van der Waals surface area contributed by atoms with Crippen LogP contribution in [-0.2, 0) is 19.6 Å². The number of esters is 1. The van der Waals surface area contributed by atoms with Gasteiger partial charge in [-0.1, -0.05) is 0 Å². The van der Waals surface area contributed by atoms with Crippen LogP contribution in [0.1, 0.15) is 22.3 Å². The number of amides is 1. The minimum absolute atomic E-state index is 0.0291. The summed E-state index contributed by atoms with van der Waals surface area (Å²) < 4.78 is 31.7. The molecule has 1 heterocycles. The van der Waals surface area contributed by atoms with Crippen molar-refractivity contribution in [2.75, 3.05) is 11.9 Å². The number of carbonyl (C=O) groups is 2. The van der Waals surface area contributed by atoms with Crippen LogP contribution in [0, 0.1) is 11.3 Å². The number of sulfonamides is 1. The lowest BCUT2D eigenvalue weighted by atomic mass is 10.1. The van der Waals surface area contributed by atoms with Crippen LogP contribution in [-0.4, -0.2) is 32.9 Å². The molecule has 8 nitrogen and oxygen atoms in total. The van der Waals surface area contributed by atoms with Gasteiger partial charge in [0.1, 0.15) is 6.04 Å². The Kier molecular flexibility index (Phi) is 5.21. The molecule has 0 unspecified atom stereocenters. The molecule has 0 spiro atoms. The Balaban J connectivity index is 1.68. The monoisotopic (exact) mass is 385 g/mol. The van der Waals surface area contributed by atoms with E-state index in [9.17, 15) is 18.0 Å². The van der Waals surface area contributed by atoms with Crippen LogP contribution in [0.15, 0.2) is 53.4 Å². The number of anilines is 1. The van der Waals surface area contributed by atoms with E-state index in [4.69, 9.17) is 10.00 Å². The summed E-state index contributed by atoms with van der Waals surface area (Å²) in [4.78, 5) is 23.6. The molecule has 27 heavy (non-hydrogen) atoms. The molecule has 1 aliphatic heterocycles. The number of cyclic esters (lactones) is 1. The van der Waals surface area contributed by atoms with Gasteiger partial charge in [-0.15, -0.1) is 0 Å². The molecule has 9 heteroatoms. The fraction of sp³-hybridized carbons (Fsp3) is 0.167. The molecule has 0 radical (unpaired) electrons. The summed E-state index contributed by atoms with van der Waals surface area (Å²) in [5.41, 5.74) is 1.22. The van der Waals surface area contributed by atoms with Gasteiger partial charge in [-0.25, -0.2) is 8.42 Å². The lowest BCUT2D eigenvalue weighted by Gasteiger charge is -2.11. The highest BCUT2D eigenvalue weighted by molar-refractivity contribution is 7.89. The highest BCUT2D eigenvalue weighted by Crippen LogP contribution is 2.17. The van der Waals surface area contributed by atoms with Crippen molar-refractivity contribution in [2.24, 2.45) is 0 Å². The average Bonchev–Trinajstić information content (AvgIpc) is 3.06. The summed E-state index contributed by atoms with van der Waals surface area (Å²) >= 11 is 0. The van der Waals surface area contributed by atoms with Crippen molar-refractivity contribution in [3.63, 3.8) is 0 Å². The number of ether oxygens (including phenoxy) is 1. The van der Waals surface area contributed by atoms with Crippen molar-refractivity contribution in [1.29, 1.82) is 5.26 Å². The molecule has 1 aliphatic rings. The van der Waals surface area contributed by atoms with E-state index < -0.39 is 22.0 Å². The Bertz CT molecular complexity index is 1010. The first kappa shape index (κ1) is 18.6. The van der Waals surface area contributed by atoms with Gasteiger partial charge in [0.2, 0.25) is 10.0 Å². The Morgan fingerprint density at radius 3 is 2.33 bits per heavy atom. The highest BCUT2D eigenvalue weighted by Gasteiger charge is 2.31. The SMILES string of the molecule is N#Cc1ccc(C(=O)Nc2ccc(S(=O)(=O)N[C@H]3CCOC3=O)cc2)cc1. The van der Waals surface area contributed by atoms with E-state index in [1.165, 1.54) is 48.5 Å². The molecule has 3 rings (SSSR count). The van der Waals surface area contributed by atoms with E-state index in [1.807, 2.05) is 6.07 Å². The summed E-state index contributed by atoms with van der Waals surface area (Å²) in [5, 5.41) is 11.4. The molecule has 1 fully saturated rings. The first-order valence-corrected chi connectivity index (χ1v) is 9.48. The molecule has 0 aromatic heterocycles. The first-order chi connectivity index (χ1) is 12.9. The van der Waals surface area contributed by atoms with Gasteiger partial charge in [-0.2, -0.15) is 9.98 Å². The third kappa shape index (κ3) is 4.31. The van der Waals surface area contributed by atoms with Crippen LogP contribution < -0.4 is 10.0 Å². The van der Waals surface area contributed by atoms with Gasteiger partial charge in [-0.05, 0) is 48.5 Å². The van der Waals surface area contributed by atoms with E-state index >= 15 is 0 Å². The van der Waals surface area contributed by atoms with E-state index in [0.29, 0.717) is 16.8 Å². The van der Waals surface area contributed by atoms with E-state index in [0.717, 1.165) is 0 Å². The zero-order valence-corrected chi connectivity index (χ0v) is 14.8. The summed E-state index contributed by atoms with van der Waals surface area (Å²) in [6, 6.07) is 12.8. The number of carbonyl (C=O) groups excluding carboxylic acids is 2. The van der Waals surface area contributed by atoms with Crippen molar-refractivity contribution in [2.45, 2.75) is 17.4 Å². The second-order valence-electron chi connectivity index (χ2n) is 5.80. The number of nitrogens with one attached hydrogen (secondary N) is 2. The predicted octanol–water partition coefficient (Wildman–Crippen LogP) is 1.40. The lowest BCUT2D eigenvalue weighted by molar-refractivity contribution is -0.139. The van der Waals surface area contributed by atoms with Crippen LogP contribution >= 0.6 is 0 Å². The van der Waals surface area contributed by atoms with Gasteiger partial charge < -0.3 is 10.1 Å². The van der Waals surface area contributed by atoms with Crippen LogP contribution in [0.2, 0.25) is 0 Å². The summed E-state index contributed by atoms with van der Waals surface area (Å²) in [6.07, 6.45) is 0.288. The summed E-state index contributed by atoms with van der Waals surface area (Å²) in [6.45, 7) is 0.187. The van der Waals surface area contributed by atoms with Gasteiger partial charge in [-0.3, -0.25) is 9.59 Å². The van der Waals surface area contributed by atoms with Gasteiger partial charge in [0.15, 0.2) is 0 Å². The van der Waals surface area contributed by atoms with Gasteiger partial charge in [0.25, 0.3) is 5.91 Å². The van der Waals surface area contributed by atoms with Crippen molar-refractivity contribution >= 4 is 27.6 Å². The number of rotatable bonds is 5. The fourth-order valence-electron chi connectivity index (χ4n) is 2.47. The number of nitrogens with zero attached hydrogens (tertiary/aromatic N) is 1. The van der Waals surface area contributed by atoms with Crippen LogP contribution in [0.3, 0.4) is 0 Å². The summed E-state index contributed by atoms with van der Waals surface area (Å²) in [7, 11) is -3.88. The van der Waals surface area contributed by atoms with E-state index in [1.54, 1.807) is 0 Å². The molecular weight excluding hydrogens is 370 g/mol. The molecule has 0 aliphatic carbocycles. The zero-order chi connectivity index (χ0) is 19.4. The van der Waals surface area contributed by atoms with E-state index in [-0.39, 0.29) is 23.8 Å². The van der Waals surface area contributed by atoms with E-state index in [2.05, 4.69) is 10.0 Å². The Hall–Kier alpha value is -3.22. The van der Waals surface area contributed by atoms with Crippen LogP contribution in [0.4, 0.5) is 5.69 Å². The second kappa shape index (κ2) is 7.57. The highest BCUT2D eigenvalue weighted by atomic mass is 32.2. The Morgan fingerprint density at radius 1 is 1.11 bits per heavy atom. The number of hydrogen-bond donors (Lipinski definition) is 2. The fourth-order valence-corrected chi connectivity index (χ4v) is 3.69. The molecule has 1 amide bonds. The smallest absolute Gasteiger partial charge is 0.324 e. The summed E-state index contributed by atoms with van der Waals surface area (Å²) in [5.74, 6) is -0.980. The molecule has 2 N–H and O–H groups in total. The lowest BCUT2D eigenvalue weighted by Crippen LogP contribution is -2.37. The molecule has 138 valence electrons. The molecule has 0 saturated carbocycles. The number of benzene rings is 2. The van der Waals surface area contributed by atoms with Crippen LogP contribution in [0.5, 0.6) is 0 Å². The first-order valence-electron chi connectivity index (χ1n) is 7.99. The van der Waals surface area contributed by atoms with Crippen molar-refractivity contribution < 1.29 is 22.7 Å². The Morgan fingerprint density at radius 2 is 1.78 bits per heavy atom. The maximum Gasteiger partial charge on any atom is 0.324 e. The number of nitriles is 1. The maximum absolute atomic E-state index is 12.3. The van der Waals surface area contributed by atoms with Crippen LogP contribution in [0.25, 0.3) is 0 Å². The normalized spacial score (nSPS) is 16.4. The van der Waals surface area contributed by atoms with Crippen molar-refractivity contribution in [1.82, 2.24) is 4.72 Å². The largest absolute Gasteiger partial charge is 0.464 e. The predicted molar refractivity (Wildman–Crippen MR) is 95.2 cm³/mol. The van der Waals surface area contributed by atoms with Crippen molar-refractivity contribution in [3.8, 4) is 6.07 Å². The molecular formula is C18H15N3O5S. The van der Waals surface area contributed by atoms with Gasteiger partial charge in [0.05, 0.1) is 23.1 Å². The third-order valence-corrected chi connectivity index (χ3v) is 5.42. The van der Waals surface area contributed by atoms with Crippen molar-refractivity contribution in [3.05, 3.63) is 59.7 Å². The van der Waals surface area contributed by atoms with Gasteiger partial charge in [0, 0.05) is 17.7 Å². The minimum atomic E-state index is -3.88. The zero-order valence-electron chi connectivity index (χ0n) is 14.0. The maximum atomic E-state index is 12.3. The topological polar surface area (TPSA) is 125 Å². The molecule has 1 saturated heterocycles. The second-order valence-corrected chi connectivity index (χ2v) is 7.51. The van der Waals surface area contributed by atoms with Gasteiger partial charge >= 0.3 is 5.97 Å². The molecule has 2 aromatic carbocycles. The molecule has 1 atom stereocenters. The standard InChI is InChI=1S/C18H15N3O5S/c19-11-12-1-3-13(4-2-12)17(22)20-14-5-7-15(8-6-14)27(24,25)21-16-9-10-26-18(16)23/h1-8,16,21H,9-10H2,(H,20,22)/t16-/m0/s1. The average molecular weight is 385 g/mol.